The molecule has 2 heterocycles. The number of anilines is 2. The summed E-state index contributed by atoms with van der Waals surface area (Å²) in [6, 6.07) is 30.9. The van der Waals surface area contributed by atoms with Gasteiger partial charge < -0.3 is 21.3 Å². The molecule has 1 fully saturated rings. The number of carbonyl (C=O) groups is 1. The minimum Gasteiger partial charge on any atom is -0.351 e. The number of aryl methyl sites for hydroxylation is 1. The first-order chi connectivity index (χ1) is 16.7. The highest BCUT2D eigenvalue weighted by Gasteiger charge is 2.38. The number of urea groups is 1. The maximum absolute atomic E-state index is 12.6. The van der Waals surface area contributed by atoms with Gasteiger partial charge in [0, 0.05) is 20.1 Å². The van der Waals surface area contributed by atoms with Gasteiger partial charge in [0.2, 0.25) is 0 Å². The second kappa shape index (κ2) is 9.41. The first-order valence-electron chi connectivity index (χ1n) is 11.4. The van der Waals surface area contributed by atoms with Gasteiger partial charge in [0.25, 0.3) is 0 Å². The number of hydrogen-bond donors (Lipinski definition) is 4. The van der Waals surface area contributed by atoms with Crippen molar-refractivity contribution in [3.63, 3.8) is 0 Å². The topological polar surface area (TPSA) is 83.0 Å². The monoisotopic (exact) mass is 452 g/mol. The summed E-state index contributed by atoms with van der Waals surface area (Å²) in [6.45, 7) is 1.56. The van der Waals surface area contributed by atoms with Gasteiger partial charge in [-0.3, -0.25) is 4.68 Å². The molecule has 3 aromatic carbocycles. The van der Waals surface area contributed by atoms with Crippen LogP contribution in [0.25, 0.3) is 0 Å². The lowest BCUT2D eigenvalue weighted by Gasteiger charge is -2.38. The normalized spacial score (nSPS) is 13.7. The fraction of sp³-hybridized carbons (Fsp3) is 0.185. The number of rotatable bonds is 7. The van der Waals surface area contributed by atoms with Crippen molar-refractivity contribution in [2.75, 3.05) is 23.7 Å². The van der Waals surface area contributed by atoms with Crippen molar-refractivity contribution in [3.8, 4) is 0 Å². The van der Waals surface area contributed by atoms with Crippen LogP contribution in [0, 0.1) is 0 Å². The van der Waals surface area contributed by atoms with Crippen molar-refractivity contribution < 1.29 is 4.79 Å². The van der Waals surface area contributed by atoms with Crippen LogP contribution in [0.15, 0.2) is 97.2 Å². The molecule has 0 radical (unpaired) electrons. The van der Waals surface area contributed by atoms with E-state index in [9.17, 15) is 4.79 Å². The molecule has 1 aliphatic heterocycles. The van der Waals surface area contributed by atoms with Gasteiger partial charge in [0.05, 0.1) is 12.2 Å². The van der Waals surface area contributed by atoms with E-state index in [0.717, 1.165) is 29.8 Å². The van der Waals surface area contributed by atoms with Crippen molar-refractivity contribution >= 4 is 17.5 Å². The third kappa shape index (κ3) is 4.13. The number of hydrogen-bond acceptors (Lipinski definition) is 4. The number of benzene rings is 3. The molecule has 1 aliphatic rings. The summed E-state index contributed by atoms with van der Waals surface area (Å²) in [4.78, 5) is 12.6. The van der Waals surface area contributed by atoms with Gasteiger partial charge in [-0.2, -0.15) is 5.10 Å². The quantitative estimate of drug-likeness (QED) is 0.320. The molecule has 0 aliphatic carbocycles. The second-order valence-corrected chi connectivity index (χ2v) is 8.46. The molecular formula is C27H28N6O. The summed E-state index contributed by atoms with van der Waals surface area (Å²) in [5.74, 6) is 0.707. The van der Waals surface area contributed by atoms with Gasteiger partial charge in [-0.05, 0) is 16.7 Å². The Balaban J connectivity index is 1.61. The molecule has 7 nitrogen and oxygen atoms in total. The molecule has 0 bridgehead atoms. The molecule has 2 amide bonds. The van der Waals surface area contributed by atoms with E-state index in [1.165, 1.54) is 0 Å². The Morgan fingerprint density at radius 2 is 1.38 bits per heavy atom. The predicted molar refractivity (Wildman–Crippen MR) is 135 cm³/mol. The van der Waals surface area contributed by atoms with Crippen LogP contribution in [-0.2, 0) is 12.6 Å². The number of aromatic nitrogens is 2. The van der Waals surface area contributed by atoms with Crippen molar-refractivity contribution in [3.05, 3.63) is 114 Å². The van der Waals surface area contributed by atoms with Crippen molar-refractivity contribution in [1.29, 1.82) is 0 Å². The predicted octanol–water partition coefficient (Wildman–Crippen LogP) is 3.92. The zero-order valence-corrected chi connectivity index (χ0v) is 19.0. The Morgan fingerprint density at radius 3 is 1.82 bits per heavy atom. The molecule has 4 aromatic rings. The molecule has 0 saturated carbocycles. The van der Waals surface area contributed by atoms with Crippen LogP contribution in [0.4, 0.5) is 16.3 Å². The number of nitrogens with one attached hydrogen (secondary N) is 4. The van der Waals surface area contributed by atoms with Gasteiger partial charge in [-0.1, -0.05) is 91.0 Å². The third-order valence-electron chi connectivity index (χ3n) is 6.23. The summed E-state index contributed by atoms with van der Waals surface area (Å²) >= 11 is 0. The van der Waals surface area contributed by atoms with Gasteiger partial charge in [0.15, 0.2) is 0 Å². The summed E-state index contributed by atoms with van der Waals surface area (Å²) in [5, 5.41) is 17.4. The zero-order valence-electron chi connectivity index (χ0n) is 19.0. The van der Waals surface area contributed by atoms with E-state index in [1.807, 2.05) is 61.6 Å². The second-order valence-electron chi connectivity index (χ2n) is 8.46. The SMILES string of the molecule is Cn1ncc(NC(=O)NC2CNC2)c1NC(c1ccccc1)(c1ccccc1)c1ccccc1. The summed E-state index contributed by atoms with van der Waals surface area (Å²) < 4.78 is 1.75. The fourth-order valence-electron chi connectivity index (χ4n) is 4.37. The molecular weight excluding hydrogens is 424 g/mol. The van der Waals surface area contributed by atoms with E-state index < -0.39 is 5.54 Å². The van der Waals surface area contributed by atoms with Crippen molar-refractivity contribution in [1.82, 2.24) is 20.4 Å². The zero-order chi connectivity index (χ0) is 23.4. The number of nitrogens with zero attached hydrogens (tertiary/aromatic N) is 2. The minimum absolute atomic E-state index is 0.144. The van der Waals surface area contributed by atoms with Gasteiger partial charge >= 0.3 is 6.03 Å². The van der Waals surface area contributed by atoms with Gasteiger partial charge in [0.1, 0.15) is 17.0 Å². The Hall–Kier alpha value is -4.10. The van der Waals surface area contributed by atoms with E-state index >= 15 is 0 Å². The van der Waals surface area contributed by atoms with E-state index in [0.29, 0.717) is 11.5 Å². The first kappa shape index (κ1) is 21.7. The molecule has 0 atom stereocenters. The standard InChI is InChI=1S/C27H28N6O/c1-33-25(24(19-29-33)31-26(34)30-23-17-28-18-23)32-27(20-11-5-2-6-12-20,21-13-7-3-8-14-21)22-15-9-4-10-16-22/h2-16,19,23,28,32H,17-18H2,1H3,(H2,30,31,34). The van der Waals surface area contributed by atoms with Crippen LogP contribution in [0.3, 0.4) is 0 Å². The average molecular weight is 453 g/mol. The van der Waals surface area contributed by atoms with E-state index in [-0.39, 0.29) is 12.1 Å². The molecule has 4 N–H and O–H groups in total. The van der Waals surface area contributed by atoms with Crippen LogP contribution >= 0.6 is 0 Å². The number of amides is 2. The lowest BCUT2D eigenvalue weighted by Crippen LogP contribution is -2.57. The van der Waals surface area contributed by atoms with Gasteiger partial charge in [-0.25, -0.2) is 4.79 Å². The Morgan fingerprint density at radius 1 is 0.882 bits per heavy atom. The third-order valence-corrected chi connectivity index (χ3v) is 6.23. The Labute approximate surface area is 199 Å². The van der Waals surface area contributed by atoms with Crippen molar-refractivity contribution in [2.24, 2.45) is 7.05 Å². The summed E-state index contributed by atoms with van der Waals surface area (Å²) in [5.41, 5.74) is 3.11. The molecule has 5 rings (SSSR count). The van der Waals surface area contributed by atoms with Crippen molar-refractivity contribution in [2.45, 2.75) is 11.6 Å². The van der Waals surface area contributed by atoms with Crippen LogP contribution in [0.1, 0.15) is 16.7 Å². The van der Waals surface area contributed by atoms with Gasteiger partial charge in [-0.15, -0.1) is 0 Å². The highest BCUT2D eigenvalue weighted by Crippen LogP contribution is 2.41. The van der Waals surface area contributed by atoms with Crippen LogP contribution in [-0.4, -0.2) is 34.9 Å². The molecule has 0 unspecified atom stereocenters. The fourth-order valence-corrected chi connectivity index (χ4v) is 4.37. The van der Waals surface area contributed by atoms with E-state index in [4.69, 9.17) is 0 Å². The smallest absolute Gasteiger partial charge is 0.319 e. The molecule has 34 heavy (non-hydrogen) atoms. The van der Waals surface area contributed by atoms with Crippen LogP contribution in [0.2, 0.25) is 0 Å². The highest BCUT2D eigenvalue weighted by atomic mass is 16.2. The lowest BCUT2D eigenvalue weighted by atomic mass is 9.77. The summed E-state index contributed by atoms with van der Waals surface area (Å²) in [6.07, 6.45) is 1.67. The largest absolute Gasteiger partial charge is 0.351 e. The molecule has 7 heteroatoms. The number of carbonyl (C=O) groups excluding carboxylic acids is 1. The molecule has 1 saturated heterocycles. The molecule has 0 spiro atoms. The lowest BCUT2D eigenvalue weighted by molar-refractivity contribution is 0.243. The maximum atomic E-state index is 12.6. The maximum Gasteiger partial charge on any atom is 0.319 e. The van der Waals surface area contributed by atoms with Crippen LogP contribution in [0.5, 0.6) is 0 Å². The summed E-state index contributed by atoms with van der Waals surface area (Å²) in [7, 11) is 1.87. The molecule has 1 aromatic heterocycles. The first-order valence-corrected chi connectivity index (χ1v) is 11.4. The Bertz CT molecular complexity index is 1140. The highest BCUT2D eigenvalue weighted by molar-refractivity contribution is 5.92. The van der Waals surface area contributed by atoms with E-state index in [2.05, 4.69) is 62.8 Å². The average Bonchev–Trinajstić information content (AvgIpc) is 3.20. The van der Waals surface area contributed by atoms with E-state index in [1.54, 1.807) is 10.9 Å². The minimum atomic E-state index is -0.720. The van der Waals surface area contributed by atoms with Crippen LogP contribution < -0.4 is 21.3 Å². The Kier molecular flexibility index (Phi) is 6.01. The molecule has 172 valence electrons.